The number of carbonyl (C=O) groups excluding carboxylic acids is 2. The van der Waals surface area contributed by atoms with Gasteiger partial charge in [-0.05, 0) is 36.9 Å². The van der Waals surface area contributed by atoms with Crippen molar-refractivity contribution in [3.63, 3.8) is 0 Å². The van der Waals surface area contributed by atoms with Gasteiger partial charge in [0, 0.05) is 4.90 Å². The summed E-state index contributed by atoms with van der Waals surface area (Å²) in [6.45, 7) is 3.55. The molecule has 0 aliphatic heterocycles. The smallest absolute Gasteiger partial charge is 0.340 e. The molecule has 132 valence electrons. The minimum atomic E-state index is -0.933. The maximum absolute atomic E-state index is 12.4. The van der Waals surface area contributed by atoms with E-state index < -0.39 is 18.0 Å². The molecule has 5 nitrogen and oxygen atoms in total. The Kier molecular flexibility index (Phi) is 6.89. The van der Waals surface area contributed by atoms with Crippen molar-refractivity contribution >= 4 is 29.3 Å². The number of rotatable bonds is 7. The van der Waals surface area contributed by atoms with E-state index in [2.05, 4.69) is 5.32 Å². The van der Waals surface area contributed by atoms with Crippen LogP contribution in [0.1, 0.15) is 24.2 Å². The number of hydrogen-bond acceptors (Lipinski definition) is 5. The second-order valence-corrected chi connectivity index (χ2v) is 6.47. The number of ether oxygens (including phenoxy) is 2. The molecule has 2 aromatic carbocycles. The topological polar surface area (TPSA) is 64.6 Å². The van der Waals surface area contributed by atoms with Crippen LogP contribution >= 0.6 is 11.8 Å². The van der Waals surface area contributed by atoms with E-state index >= 15 is 0 Å². The van der Waals surface area contributed by atoms with E-state index in [1.165, 1.54) is 14.0 Å². The molecule has 0 saturated carbocycles. The van der Waals surface area contributed by atoms with Crippen LogP contribution in [0.5, 0.6) is 5.75 Å². The molecule has 0 unspecified atom stereocenters. The summed E-state index contributed by atoms with van der Waals surface area (Å²) in [5.41, 5.74) is 0.992. The summed E-state index contributed by atoms with van der Waals surface area (Å²) in [6, 6.07) is 14.3. The molecule has 0 fully saturated rings. The van der Waals surface area contributed by atoms with Gasteiger partial charge in [-0.15, -0.1) is 11.8 Å². The number of amides is 1. The van der Waals surface area contributed by atoms with Gasteiger partial charge in [0.15, 0.2) is 6.10 Å². The molecule has 0 saturated heterocycles. The maximum atomic E-state index is 12.4. The van der Waals surface area contributed by atoms with Crippen LogP contribution in [0.15, 0.2) is 53.4 Å². The van der Waals surface area contributed by atoms with E-state index in [-0.39, 0.29) is 0 Å². The average Bonchev–Trinajstić information content (AvgIpc) is 2.62. The maximum Gasteiger partial charge on any atom is 0.340 e. The highest BCUT2D eigenvalue weighted by molar-refractivity contribution is 7.99. The van der Waals surface area contributed by atoms with Gasteiger partial charge in [0.1, 0.15) is 5.75 Å². The van der Waals surface area contributed by atoms with Gasteiger partial charge < -0.3 is 14.8 Å². The number of esters is 1. The molecular weight excluding hydrogens is 338 g/mol. The Bertz CT molecular complexity index is 748. The Morgan fingerprint density at radius 2 is 1.80 bits per heavy atom. The fourth-order valence-corrected chi connectivity index (χ4v) is 2.97. The molecule has 0 heterocycles. The first-order chi connectivity index (χ1) is 12.1. The van der Waals surface area contributed by atoms with Crippen LogP contribution in [0.25, 0.3) is 0 Å². The van der Waals surface area contributed by atoms with E-state index in [0.29, 0.717) is 17.0 Å². The fraction of sp³-hybridized carbons (Fsp3) is 0.263. The van der Waals surface area contributed by atoms with Crippen molar-refractivity contribution in [3.8, 4) is 5.75 Å². The zero-order valence-electron chi connectivity index (χ0n) is 14.4. The molecule has 2 aromatic rings. The lowest BCUT2D eigenvalue weighted by Crippen LogP contribution is -2.30. The van der Waals surface area contributed by atoms with Crippen molar-refractivity contribution < 1.29 is 19.1 Å². The minimum Gasteiger partial charge on any atom is -0.495 e. The van der Waals surface area contributed by atoms with Crippen molar-refractivity contribution in [2.75, 3.05) is 18.2 Å². The third-order valence-electron chi connectivity index (χ3n) is 3.42. The van der Waals surface area contributed by atoms with Crippen LogP contribution in [0, 0.1) is 0 Å². The van der Waals surface area contributed by atoms with Gasteiger partial charge >= 0.3 is 5.97 Å². The second-order valence-electron chi connectivity index (χ2n) is 5.17. The van der Waals surface area contributed by atoms with Gasteiger partial charge in [0.05, 0.1) is 18.4 Å². The third-order valence-corrected chi connectivity index (χ3v) is 4.38. The number of nitrogens with one attached hydrogen (secondary N) is 1. The Balaban J connectivity index is 2.05. The Hall–Kier alpha value is -2.47. The number of carbonyl (C=O) groups is 2. The molecule has 1 atom stereocenters. The molecule has 1 amide bonds. The third kappa shape index (κ3) is 5.00. The van der Waals surface area contributed by atoms with Crippen LogP contribution < -0.4 is 10.1 Å². The van der Waals surface area contributed by atoms with Crippen molar-refractivity contribution in [1.82, 2.24) is 0 Å². The van der Waals surface area contributed by atoms with Crippen molar-refractivity contribution in [3.05, 3.63) is 54.1 Å². The van der Waals surface area contributed by atoms with E-state index in [0.717, 1.165) is 10.6 Å². The van der Waals surface area contributed by atoms with Crippen molar-refractivity contribution in [2.45, 2.75) is 24.8 Å². The molecule has 0 radical (unpaired) electrons. The quantitative estimate of drug-likeness (QED) is 0.598. The lowest BCUT2D eigenvalue weighted by molar-refractivity contribution is -0.123. The van der Waals surface area contributed by atoms with Gasteiger partial charge in [0.2, 0.25) is 0 Å². The van der Waals surface area contributed by atoms with E-state index in [1.54, 1.807) is 48.2 Å². The fourth-order valence-electron chi connectivity index (χ4n) is 2.18. The summed E-state index contributed by atoms with van der Waals surface area (Å²) in [5, 5.41) is 2.71. The number of hydrogen-bond donors (Lipinski definition) is 1. The van der Waals surface area contributed by atoms with Crippen LogP contribution in [0.3, 0.4) is 0 Å². The van der Waals surface area contributed by atoms with E-state index in [9.17, 15) is 9.59 Å². The monoisotopic (exact) mass is 359 g/mol. The zero-order valence-corrected chi connectivity index (χ0v) is 15.3. The van der Waals surface area contributed by atoms with E-state index in [1.807, 2.05) is 19.1 Å². The average molecular weight is 359 g/mol. The molecule has 0 aliphatic rings. The molecule has 0 spiro atoms. The predicted octanol–water partition coefficient (Wildman–Crippen LogP) is 3.99. The van der Waals surface area contributed by atoms with Crippen molar-refractivity contribution in [1.29, 1.82) is 0 Å². The van der Waals surface area contributed by atoms with Crippen LogP contribution in [-0.4, -0.2) is 30.8 Å². The number of para-hydroxylation sites is 2. The summed E-state index contributed by atoms with van der Waals surface area (Å²) >= 11 is 1.56. The summed E-state index contributed by atoms with van der Waals surface area (Å²) in [4.78, 5) is 25.5. The Morgan fingerprint density at radius 1 is 1.12 bits per heavy atom. The van der Waals surface area contributed by atoms with Gasteiger partial charge in [-0.25, -0.2) is 4.79 Å². The number of methoxy groups -OCH3 is 1. The first-order valence-electron chi connectivity index (χ1n) is 7.93. The molecule has 1 N–H and O–H groups in total. The standard InChI is InChI=1S/C19H21NO4S/c1-4-25-17-12-8-5-9-14(17)19(22)24-13(2)18(21)20-15-10-6-7-11-16(15)23-3/h5-13H,4H2,1-3H3,(H,20,21)/t13-/m1/s1. The Labute approximate surface area is 151 Å². The number of thioether (sulfide) groups is 1. The van der Waals surface area contributed by atoms with Crippen LogP contribution in [0.2, 0.25) is 0 Å². The first-order valence-corrected chi connectivity index (χ1v) is 8.92. The predicted molar refractivity (Wildman–Crippen MR) is 99.3 cm³/mol. The van der Waals surface area contributed by atoms with E-state index in [4.69, 9.17) is 9.47 Å². The SMILES string of the molecule is CCSc1ccccc1C(=O)O[C@H](C)C(=O)Nc1ccccc1OC. The molecule has 25 heavy (non-hydrogen) atoms. The summed E-state index contributed by atoms with van der Waals surface area (Å²) in [7, 11) is 1.52. The summed E-state index contributed by atoms with van der Waals surface area (Å²) in [5.74, 6) is 0.450. The lowest BCUT2D eigenvalue weighted by atomic mass is 10.2. The second kappa shape index (κ2) is 9.13. The molecule has 6 heteroatoms. The number of anilines is 1. The summed E-state index contributed by atoms with van der Waals surface area (Å²) in [6.07, 6.45) is -0.933. The highest BCUT2D eigenvalue weighted by Gasteiger charge is 2.21. The lowest BCUT2D eigenvalue weighted by Gasteiger charge is -2.16. The van der Waals surface area contributed by atoms with Gasteiger partial charge in [0.25, 0.3) is 5.91 Å². The van der Waals surface area contributed by atoms with Gasteiger partial charge in [-0.1, -0.05) is 31.2 Å². The zero-order chi connectivity index (χ0) is 18.2. The van der Waals surface area contributed by atoms with Crippen LogP contribution in [0.4, 0.5) is 5.69 Å². The largest absolute Gasteiger partial charge is 0.495 e. The van der Waals surface area contributed by atoms with Crippen LogP contribution in [-0.2, 0) is 9.53 Å². The van der Waals surface area contributed by atoms with Gasteiger partial charge in [-0.2, -0.15) is 0 Å². The van der Waals surface area contributed by atoms with Gasteiger partial charge in [-0.3, -0.25) is 4.79 Å². The van der Waals surface area contributed by atoms with Crippen molar-refractivity contribution in [2.24, 2.45) is 0 Å². The minimum absolute atomic E-state index is 0.418. The molecule has 0 bridgehead atoms. The molecule has 0 aliphatic carbocycles. The Morgan fingerprint density at radius 3 is 2.52 bits per heavy atom. The number of benzene rings is 2. The normalized spacial score (nSPS) is 11.5. The molecule has 0 aromatic heterocycles. The highest BCUT2D eigenvalue weighted by Crippen LogP contribution is 2.25. The highest BCUT2D eigenvalue weighted by atomic mass is 32.2. The first kappa shape index (κ1) is 18.9. The molecular formula is C19H21NO4S. The summed E-state index contributed by atoms with van der Waals surface area (Å²) < 4.78 is 10.5. The molecule has 2 rings (SSSR count).